The lowest BCUT2D eigenvalue weighted by Crippen LogP contribution is -2.19. The minimum Gasteiger partial charge on any atom is -0.385 e. The lowest BCUT2D eigenvalue weighted by atomic mass is 10.3. The van der Waals surface area contributed by atoms with E-state index in [2.05, 4.69) is 42.2 Å². The maximum Gasteiger partial charge on any atom is 0.0564 e. The first kappa shape index (κ1) is 12.0. The summed E-state index contributed by atoms with van der Waals surface area (Å²) in [5.74, 6) is 0. The van der Waals surface area contributed by atoms with Crippen LogP contribution in [0.2, 0.25) is 0 Å². The van der Waals surface area contributed by atoms with Crippen molar-refractivity contribution in [3.63, 3.8) is 0 Å². The normalized spacial score (nSPS) is 10.7. The molecule has 0 saturated carbocycles. The van der Waals surface area contributed by atoms with Gasteiger partial charge < -0.3 is 10.2 Å². The predicted molar refractivity (Wildman–Crippen MR) is 65.0 cm³/mol. The van der Waals surface area contributed by atoms with Crippen molar-refractivity contribution in [3.8, 4) is 0 Å². The van der Waals surface area contributed by atoms with Crippen LogP contribution in [0.3, 0.4) is 0 Å². The number of hydrogen-bond acceptors (Lipinski definition) is 3. The van der Waals surface area contributed by atoms with Gasteiger partial charge in [0.05, 0.1) is 5.69 Å². The van der Waals surface area contributed by atoms with Crippen LogP contribution in [-0.4, -0.2) is 30.0 Å². The van der Waals surface area contributed by atoms with Crippen molar-refractivity contribution in [1.29, 1.82) is 0 Å². The molecule has 0 fully saturated rings. The summed E-state index contributed by atoms with van der Waals surface area (Å²) >= 11 is 0. The lowest BCUT2D eigenvalue weighted by Gasteiger charge is -2.15. The van der Waals surface area contributed by atoms with Gasteiger partial charge in [-0.1, -0.05) is 6.92 Å². The van der Waals surface area contributed by atoms with Crippen molar-refractivity contribution in [1.82, 2.24) is 9.88 Å². The van der Waals surface area contributed by atoms with Crippen LogP contribution < -0.4 is 5.32 Å². The van der Waals surface area contributed by atoms with Gasteiger partial charge in [-0.05, 0) is 39.1 Å². The molecule has 0 aliphatic rings. The van der Waals surface area contributed by atoms with Crippen molar-refractivity contribution in [2.24, 2.45) is 0 Å². The average molecular weight is 207 g/mol. The number of anilines is 1. The van der Waals surface area contributed by atoms with Crippen molar-refractivity contribution < 1.29 is 0 Å². The molecular formula is C12H21N3. The highest BCUT2D eigenvalue weighted by atomic mass is 15.1. The van der Waals surface area contributed by atoms with E-state index in [0.717, 1.165) is 31.0 Å². The van der Waals surface area contributed by atoms with Gasteiger partial charge in [0.1, 0.15) is 0 Å². The highest BCUT2D eigenvalue weighted by Gasteiger charge is 2.00. The Labute approximate surface area is 92.5 Å². The summed E-state index contributed by atoms with van der Waals surface area (Å²) in [5, 5.41) is 3.29. The van der Waals surface area contributed by atoms with E-state index >= 15 is 0 Å². The van der Waals surface area contributed by atoms with Crippen LogP contribution in [0.5, 0.6) is 0 Å². The summed E-state index contributed by atoms with van der Waals surface area (Å²) in [7, 11) is 2.13. The summed E-state index contributed by atoms with van der Waals surface area (Å²) in [6.45, 7) is 7.29. The molecule has 1 rings (SSSR count). The molecule has 0 aromatic carbocycles. The van der Waals surface area contributed by atoms with Crippen LogP contribution >= 0.6 is 0 Å². The minimum atomic E-state index is 0.924. The first-order valence-electron chi connectivity index (χ1n) is 5.63. The highest BCUT2D eigenvalue weighted by Crippen LogP contribution is 2.09. The number of nitrogens with zero attached hydrogens (tertiary/aromatic N) is 2. The van der Waals surface area contributed by atoms with E-state index in [1.54, 1.807) is 0 Å². The van der Waals surface area contributed by atoms with Crippen molar-refractivity contribution in [3.05, 3.63) is 24.0 Å². The fourth-order valence-electron chi connectivity index (χ4n) is 1.62. The predicted octanol–water partition coefficient (Wildman–Crippen LogP) is 2.36. The molecule has 15 heavy (non-hydrogen) atoms. The molecular weight excluding hydrogens is 186 g/mol. The topological polar surface area (TPSA) is 28.2 Å². The Bertz CT molecular complexity index is 286. The second-order valence-electron chi connectivity index (χ2n) is 3.80. The number of nitrogens with one attached hydrogen (secondary N) is 1. The Morgan fingerprint density at radius 2 is 2.20 bits per heavy atom. The fourth-order valence-corrected chi connectivity index (χ4v) is 1.62. The number of hydrogen-bond donors (Lipinski definition) is 1. The second-order valence-corrected chi connectivity index (χ2v) is 3.80. The van der Waals surface area contributed by atoms with Crippen molar-refractivity contribution in [2.45, 2.75) is 26.8 Å². The smallest absolute Gasteiger partial charge is 0.0564 e. The van der Waals surface area contributed by atoms with Gasteiger partial charge in [0, 0.05) is 25.0 Å². The lowest BCUT2D eigenvalue weighted by molar-refractivity contribution is 0.323. The summed E-state index contributed by atoms with van der Waals surface area (Å²) < 4.78 is 0. The van der Waals surface area contributed by atoms with E-state index < -0.39 is 0 Å². The molecule has 0 aliphatic carbocycles. The molecule has 0 amide bonds. The quantitative estimate of drug-likeness (QED) is 0.776. The molecule has 0 aliphatic heterocycles. The van der Waals surface area contributed by atoms with E-state index in [-0.39, 0.29) is 0 Å². The van der Waals surface area contributed by atoms with Gasteiger partial charge in [0.15, 0.2) is 0 Å². The van der Waals surface area contributed by atoms with Gasteiger partial charge in [-0.15, -0.1) is 0 Å². The molecule has 0 saturated heterocycles. The molecule has 1 heterocycles. The third-order valence-electron chi connectivity index (χ3n) is 2.23. The molecule has 1 aromatic heterocycles. The van der Waals surface area contributed by atoms with Gasteiger partial charge in [-0.2, -0.15) is 0 Å². The summed E-state index contributed by atoms with van der Waals surface area (Å²) in [4.78, 5) is 6.65. The standard InChI is InChI=1S/C12H21N3/c1-4-8-15(3)10-12-9-11(13-5-2)6-7-14-12/h6-7,9H,4-5,8,10H2,1-3H3,(H,13,14). The van der Waals surface area contributed by atoms with Gasteiger partial charge in [-0.3, -0.25) is 4.98 Å². The van der Waals surface area contributed by atoms with Crippen molar-refractivity contribution in [2.75, 3.05) is 25.5 Å². The van der Waals surface area contributed by atoms with Crippen LogP contribution in [0.25, 0.3) is 0 Å². The largest absolute Gasteiger partial charge is 0.385 e. The second kappa shape index (κ2) is 6.40. The Morgan fingerprint density at radius 3 is 2.87 bits per heavy atom. The zero-order chi connectivity index (χ0) is 11.1. The van der Waals surface area contributed by atoms with Gasteiger partial charge in [-0.25, -0.2) is 0 Å². The first-order valence-corrected chi connectivity index (χ1v) is 5.63. The van der Waals surface area contributed by atoms with Crippen LogP contribution in [0.1, 0.15) is 26.0 Å². The summed E-state index contributed by atoms with van der Waals surface area (Å²) in [6.07, 6.45) is 3.05. The third kappa shape index (κ3) is 4.30. The highest BCUT2D eigenvalue weighted by molar-refractivity contribution is 5.42. The first-order chi connectivity index (χ1) is 7.26. The van der Waals surface area contributed by atoms with E-state index in [0.29, 0.717) is 0 Å². The van der Waals surface area contributed by atoms with Gasteiger partial charge in [0.2, 0.25) is 0 Å². The monoisotopic (exact) mass is 207 g/mol. The molecule has 0 spiro atoms. The molecule has 3 heteroatoms. The zero-order valence-electron chi connectivity index (χ0n) is 9.95. The van der Waals surface area contributed by atoms with E-state index in [9.17, 15) is 0 Å². The molecule has 1 aromatic rings. The number of aromatic nitrogens is 1. The van der Waals surface area contributed by atoms with Gasteiger partial charge in [0.25, 0.3) is 0 Å². The molecule has 1 N–H and O–H groups in total. The molecule has 84 valence electrons. The molecule has 0 atom stereocenters. The Hall–Kier alpha value is -1.09. The fraction of sp³-hybridized carbons (Fsp3) is 0.583. The van der Waals surface area contributed by atoms with Crippen LogP contribution in [0.15, 0.2) is 18.3 Å². The van der Waals surface area contributed by atoms with Crippen LogP contribution in [0.4, 0.5) is 5.69 Å². The van der Waals surface area contributed by atoms with Gasteiger partial charge >= 0.3 is 0 Å². The number of rotatable bonds is 6. The van der Waals surface area contributed by atoms with E-state index in [1.807, 2.05) is 12.3 Å². The SMILES string of the molecule is CCCN(C)Cc1cc(NCC)ccn1. The maximum atomic E-state index is 4.36. The summed E-state index contributed by atoms with van der Waals surface area (Å²) in [5.41, 5.74) is 2.29. The Balaban J connectivity index is 2.56. The molecule has 0 bridgehead atoms. The average Bonchev–Trinajstić information content (AvgIpc) is 2.19. The third-order valence-corrected chi connectivity index (χ3v) is 2.23. The van der Waals surface area contributed by atoms with Crippen LogP contribution in [0, 0.1) is 0 Å². The van der Waals surface area contributed by atoms with E-state index in [4.69, 9.17) is 0 Å². The van der Waals surface area contributed by atoms with E-state index in [1.165, 1.54) is 6.42 Å². The minimum absolute atomic E-state index is 0.924. The number of pyridine rings is 1. The molecule has 0 unspecified atom stereocenters. The Kier molecular flexibility index (Phi) is 5.12. The molecule has 3 nitrogen and oxygen atoms in total. The summed E-state index contributed by atoms with van der Waals surface area (Å²) in [6, 6.07) is 4.13. The van der Waals surface area contributed by atoms with Crippen LogP contribution in [-0.2, 0) is 6.54 Å². The van der Waals surface area contributed by atoms with Crippen molar-refractivity contribution >= 4 is 5.69 Å². The zero-order valence-corrected chi connectivity index (χ0v) is 9.95. The Morgan fingerprint density at radius 1 is 1.40 bits per heavy atom. The maximum absolute atomic E-state index is 4.36. The molecule has 0 radical (unpaired) electrons.